The van der Waals surface area contributed by atoms with E-state index in [1.165, 1.54) is 0 Å². The minimum Gasteiger partial charge on any atom is -0.514 e. The summed E-state index contributed by atoms with van der Waals surface area (Å²) >= 11 is 0. The number of hydrogen-bond acceptors (Lipinski definition) is 3. The number of hydrogen-bond donors (Lipinski definition) is 4. The molecule has 0 radical (unpaired) electrons. The molecule has 1 amide bonds. The largest absolute Gasteiger partial charge is 0.514 e. The van der Waals surface area contributed by atoms with Crippen LogP contribution in [0.25, 0.3) is 0 Å². The van der Waals surface area contributed by atoms with Crippen LogP contribution in [0.15, 0.2) is 12.0 Å². The third-order valence-electron chi connectivity index (χ3n) is 1.17. The maximum absolute atomic E-state index is 10.2. The lowest BCUT2D eigenvalue weighted by Gasteiger charge is -2.12. The monoisotopic (exact) mass is 170 g/mol. The number of nitrogens with one attached hydrogen (secondary N) is 1. The topological polar surface area (TPSA) is 95.6 Å². The van der Waals surface area contributed by atoms with Crippen molar-refractivity contribution in [3.8, 4) is 12.3 Å². The molecule has 0 bridgehead atoms. The molecular weight excluding hydrogens is 160 g/mol. The molecule has 5 nitrogen and oxygen atoms in total. The second-order valence-corrected chi connectivity index (χ2v) is 2.04. The molecule has 5 N–H and O–H groups in total. The molecule has 1 unspecified atom stereocenters. The van der Waals surface area contributed by atoms with Gasteiger partial charge < -0.3 is 21.3 Å². The number of aliphatic hydroxyl groups is 1. The molecule has 1 atom stereocenters. The highest BCUT2D eigenvalue weighted by Crippen LogP contribution is 1.98. The van der Waals surface area contributed by atoms with Crippen molar-refractivity contribution < 1.29 is 15.0 Å². The molecule has 0 aliphatic carbocycles. The summed E-state index contributed by atoms with van der Waals surface area (Å²) in [5, 5.41) is 18.8. The van der Waals surface area contributed by atoms with E-state index in [2.05, 4.69) is 11.2 Å². The van der Waals surface area contributed by atoms with Crippen LogP contribution in [0.5, 0.6) is 0 Å². The molecule has 0 rings (SSSR count). The van der Waals surface area contributed by atoms with E-state index in [9.17, 15) is 4.79 Å². The maximum atomic E-state index is 10.2. The lowest BCUT2D eigenvalue weighted by molar-refractivity contribution is 0.191. The zero-order chi connectivity index (χ0) is 9.56. The fourth-order valence-electron chi connectivity index (χ4n) is 0.609. The van der Waals surface area contributed by atoms with Crippen LogP contribution in [0.2, 0.25) is 0 Å². The first-order valence-electron chi connectivity index (χ1n) is 3.14. The van der Waals surface area contributed by atoms with Crippen molar-refractivity contribution in [3.05, 3.63) is 12.0 Å². The molecule has 0 saturated heterocycles. The maximum Gasteiger partial charge on any atom is 0.405 e. The molecule has 0 aliphatic rings. The summed E-state index contributed by atoms with van der Waals surface area (Å²) in [4.78, 5) is 10.2. The van der Waals surface area contributed by atoms with Crippen LogP contribution in [-0.4, -0.2) is 22.3 Å². The van der Waals surface area contributed by atoms with Gasteiger partial charge in [-0.2, -0.15) is 0 Å². The standard InChI is InChI=1S/C7H10N2O3/c1-2-3-6(5(8)4-10)9-7(11)12/h1,4,6,9-10H,3,8H2,(H,11,12). The van der Waals surface area contributed by atoms with E-state index in [-0.39, 0.29) is 12.1 Å². The molecule has 0 fully saturated rings. The van der Waals surface area contributed by atoms with Gasteiger partial charge in [0, 0.05) is 6.42 Å². The number of aliphatic hydroxyl groups excluding tert-OH is 1. The Morgan fingerprint density at radius 3 is 2.75 bits per heavy atom. The molecule has 0 aromatic rings. The lowest BCUT2D eigenvalue weighted by atomic mass is 10.1. The van der Waals surface area contributed by atoms with Crippen molar-refractivity contribution in [1.82, 2.24) is 5.32 Å². The summed E-state index contributed by atoms with van der Waals surface area (Å²) in [6.07, 6.45) is 4.44. The molecule has 12 heavy (non-hydrogen) atoms. The van der Waals surface area contributed by atoms with Crippen molar-refractivity contribution in [2.75, 3.05) is 0 Å². The van der Waals surface area contributed by atoms with Gasteiger partial charge in [0.25, 0.3) is 0 Å². The van der Waals surface area contributed by atoms with Gasteiger partial charge in [-0.05, 0) is 0 Å². The Balaban J connectivity index is 4.25. The molecule has 0 heterocycles. The van der Waals surface area contributed by atoms with Gasteiger partial charge in [0.15, 0.2) is 0 Å². The highest BCUT2D eigenvalue weighted by molar-refractivity contribution is 5.65. The fourth-order valence-corrected chi connectivity index (χ4v) is 0.609. The molecule has 0 saturated carbocycles. The van der Waals surface area contributed by atoms with Crippen LogP contribution < -0.4 is 11.1 Å². The highest BCUT2D eigenvalue weighted by atomic mass is 16.4. The SMILES string of the molecule is C#CCC(NC(=O)O)C(N)=CO. The van der Waals surface area contributed by atoms with Crippen LogP contribution in [0.3, 0.4) is 0 Å². The Kier molecular flexibility index (Phi) is 4.16. The molecule has 66 valence electrons. The van der Waals surface area contributed by atoms with Crippen LogP contribution >= 0.6 is 0 Å². The Morgan fingerprint density at radius 2 is 2.42 bits per heavy atom. The summed E-state index contributed by atoms with van der Waals surface area (Å²) in [5.41, 5.74) is 5.24. The van der Waals surface area contributed by atoms with E-state index in [4.69, 9.17) is 22.4 Å². The number of terminal acetylenes is 1. The number of rotatable bonds is 3. The highest BCUT2D eigenvalue weighted by Gasteiger charge is 2.12. The van der Waals surface area contributed by atoms with Gasteiger partial charge in [-0.15, -0.1) is 12.3 Å². The van der Waals surface area contributed by atoms with Gasteiger partial charge in [-0.1, -0.05) is 0 Å². The van der Waals surface area contributed by atoms with Crippen molar-refractivity contribution in [2.45, 2.75) is 12.5 Å². The first-order chi connectivity index (χ1) is 5.61. The van der Waals surface area contributed by atoms with E-state index in [1.807, 2.05) is 0 Å². The predicted octanol–water partition coefficient (Wildman–Crippen LogP) is 0.00400. The van der Waals surface area contributed by atoms with Crippen molar-refractivity contribution in [3.63, 3.8) is 0 Å². The van der Waals surface area contributed by atoms with Crippen molar-refractivity contribution >= 4 is 6.09 Å². The Morgan fingerprint density at radius 1 is 1.83 bits per heavy atom. The average Bonchev–Trinajstić information content (AvgIpc) is 2.01. The molecule has 0 aromatic carbocycles. The Hall–Kier alpha value is -1.83. The lowest BCUT2D eigenvalue weighted by Crippen LogP contribution is -2.37. The van der Waals surface area contributed by atoms with E-state index in [0.29, 0.717) is 6.26 Å². The molecule has 0 aromatic heterocycles. The van der Waals surface area contributed by atoms with Crippen LogP contribution in [0.1, 0.15) is 6.42 Å². The van der Waals surface area contributed by atoms with Gasteiger partial charge in [0.05, 0.1) is 11.7 Å². The first kappa shape index (κ1) is 10.2. The van der Waals surface area contributed by atoms with Crippen LogP contribution in [-0.2, 0) is 0 Å². The summed E-state index contributed by atoms with van der Waals surface area (Å²) in [5.74, 6) is 2.23. The zero-order valence-corrected chi connectivity index (χ0v) is 6.32. The van der Waals surface area contributed by atoms with Gasteiger partial charge >= 0.3 is 6.09 Å². The van der Waals surface area contributed by atoms with Gasteiger partial charge in [0.1, 0.15) is 6.26 Å². The van der Waals surface area contributed by atoms with E-state index >= 15 is 0 Å². The molecule has 5 heteroatoms. The minimum absolute atomic E-state index is 0.00431. The smallest absolute Gasteiger partial charge is 0.405 e. The molecule has 0 spiro atoms. The zero-order valence-electron chi connectivity index (χ0n) is 6.32. The van der Waals surface area contributed by atoms with Crippen LogP contribution in [0.4, 0.5) is 4.79 Å². The summed E-state index contributed by atoms with van der Waals surface area (Å²) in [7, 11) is 0. The number of carboxylic acid groups (broad SMARTS) is 1. The fraction of sp³-hybridized carbons (Fsp3) is 0.286. The van der Waals surface area contributed by atoms with Gasteiger partial charge in [-0.3, -0.25) is 0 Å². The summed E-state index contributed by atoms with van der Waals surface area (Å²) in [6.45, 7) is 0. The predicted molar refractivity (Wildman–Crippen MR) is 43.3 cm³/mol. The average molecular weight is 170 g/mol. The number of amides is 1. The van der Waals surface area contributed by atoms with E-state index < -0.39 is 12.1 Å². The second-order valence-electron chi connectivity index (χ2n) is 2.04. The van der Waals surface area contributed by atoms with Gasteiger partial charge in [-0.25, -0.2) is 4.79 Å². The summed E-state index contributed by atoms with van der Waals surface area (Å²) in [6, 6.07) is -0.725. The number of carbonyl (C=O) groups is 1. The quantitative estimate of drug-likeness (QED) is 0.354. The van der Waals surface area contributed by atoms with Crippen molar-refractivity contribution in [2.24, 2.45) is 5.73 Å². The second kappa shape index (κ2) is 4.91. The van der Waals surface area contributed by atoms with Crippen LogP contribution in [0, 0.1) is 12.3 Å². The summed E-state index contributed by atoms with van der Waals surface area (Å²) < 4.78 is 0. The number of nitrogens with two attached hydrogens (primary N) is 1. The molecule has 0 aliphatic heterocycles. The third kappa shape index (κ3) is 3.37. The van der Waals surface area contributed by atoms with Crippen molar-refractivity contribution in [1.29, 1.82) is 0 Å². The normalized spacial score (nSPS) is 13.1. The first-order valence-corrected chi connectivity index (χ1v) is 3.14. The Labute approximate surface area is 69.9 Å². The Bertz CT molecular complexity index is 229. The third-order valence-corrected chi connectivity index (χ3v) is 1.17. The van der Waals surface area contributed by atoms with Gasteiger partial charge in [0.2, 0.25) is 0 Å². The molecular formula is C7H10N2O3. The van der Waals surface area contributed by atoms with E-state index in [1.54, 1.807) is 0 Å². The van der Waals surface area contributed by atoms with E-state index in [0.717, 1.165) is 0 Å². The minimum atomic E-state index is -1.24.